The highest BCUT2D eigenvalue weighted by molar-refractivity contribution is 4.97. The van der Waals surface area contributed by atoms with Crippen molar-refractivity contribution >= 4 is 0 Å². The van der Waals surface area contributed by atoms with E-state index in [-0.39, 0.29) is 0 Å². The van der Waals surface area contributed by atoms with Gasteiger partial charge in [0.25, 0.3) is 0 Å². The average Bonchev–Trinajstić information content (AvgIpc) is 2.74. The minimum absolute atomic E-state index is 0.484. The molecule has 0 spiro atoms. The van der Waals surface area contributed by atoms with E-state index >= 15 is 0 Å². The molecule has 0 aromatic carbocycles. The van der Waals surface area contributed by atoms with Crippen molar-refractivity contribution < 1.29 is 0 Å². The third-order valence-corrected chi connectivity index (χ3v) is 3.64. The Morgan fingerprint density at radius 1 is 1.47 bits per heavy atom. The molecular weight excluding hydrogens is 186 g/mol. The quantitative estimate of drug-likeness (QED) is 0.801. The van der Waals surface area contributed by atoms with E-state index in [1.54, 1.807) is 0 Å². The largest absolute Gasteiger partial charge is 0.309 e. The molecule has 1 saturated carbocycles. The van der Waals surface area contributed by atoms with Crippen molar-refractivity contribution in [3.05, 3.63) is 18.5 Å². The molecule has 0 amide bonds. The Kier molecular flexibility index (Phi) is 2.83. The normalized spacial score (nSPS) is 22.3. The van der Waals surface area contributed by atoms with Gasteiger partial charge in [-0.2, -0.15) is 5.10 Å². The second-order valence-corrected chi connectivity index (χ2v) is 5.17. The van der Waals surface area contributed by atoms with E-state index in [0.717, 1.165) is 6.54 Å². The second-order valence-electron chi connectivity index (χ2n) is 5.17. The van der Waals surface area contributed by atoms with Gasteiger partial charge < -0.3 is 5.32 Å². The first-order valence-corrected chi connectivity index (χ1v) is 5.84. The molecule has 15 heavy (non-hydrogen) atoms. The fourth-order valence-corrected chi connectivity index (χ4v) is 2.00. The van der Waals surface area contributed by atoms with Crippen LogP contribution in [0.25, 0.3) is 0 Å². The zero-order chi connectivity index (χ0) is 10.9. The number of hydrogen-bond acceptors (Lipinski definition) is 2. The molecule has 84 valence electrons. The molecule has 2 unspecified atom stereocenters. The van der Waals surface area contributed by atoms with Crippen LogP contribution in [0.15, 0.2) is 18.5 Å². The molecule has 0 saturated heterocycles. The van der Waals surface area contributed by atoms with Gasteiger partial charge in [-0.15, -0.1) is 0 Å². The Balaban J connectivity index is 1.79. The maximum Gasteiger partial charge on any atom is 0.0560 e. The van der Waals surface area contributed by atoms with Gasteiger partial charge in [-0.1, -0.05) is 6.92 Å². The zero-order valence-electron chi connectivity index (χ0n) is 9.90. The van der Waals surface area contributed by atoms with E-state index in [9.17, 15) is 0 Å². The monoisotopic (exact) mass is 207 g/mol. The van der Waals surface area contributed by atoms with Crippen molar-refractivity contribution in [1.82, 2.24) is 15.1 Å². The topological polar surface area (TPSA) is 29.9 Å². The summed E-state index contributed by atoms with van der Waals surface area (Å²) < 4.78 is 1.99. The zero-order valence-corrected chi connectivity index (χ0v) is 9.90. The lowest BCUT2D eigenvalue weighted by atomic mass is 10.00. The molecule has 1 aliphatic carbocycles. The minimum atomic E-state index is 0.484. The third-order valence-electron chi connectivity index (χ3n) is 3.64. The van der Waals surface area contributed by atoms with Gasteiger partial charge in [0.05, 0.1) is 6.54 Å². The standard InChI is InChI=1S/C12H21N3/c1-10(9-15-8-4-7-13-15)14-11(2)12(3)5-6-12/h4,7-8,10-11,14H,5-6,9H2,1-3H3. The number of hydrogen-bond donors (Lipinski definition) is 1. The molecule has 2 rings (SSSR count). The summed E-state index contributed by atoms with van der Waals surface area (Å²) in [6.45, 7) is 7.84. The van der Waals surface area contributed by atoms with Crippen molar-refractivity contribution in [1.29, 1.82) is 0 Å². The molecule has 1 fully saturated rings. The maximum atomic E-state index is 4.22. The Hall–Kier alpha value is -0.830. The number of nitrogens with zero attached hydrogens (tertiary/aromatic N) is 2. The van der Waals surface area contributed by atoms with Crippen molar-refractivity contribution in [2.45, 2.75) is 52.2 Å². The van der Waals surface area contributed by atoms with Gasteiger partial charge in [-0.3, -0.25) is 4.68 Å². The van der Waals surface area contributed by atoms with E-state index in [4.69, 9.17) is 0 Å². The van der Waals surface area contributed by atoms with E-state index < -0.39 is 0 Å². The molecule has 1 aromatic rings. The number of nitrogens with one attached hydrogen (secondary N) is 1. The van der Waals surface area contributed by atoms with E-state index in [1.807, 2.05) is 23.1 Å². The summed E-state index contributed by atoms with van der Waals surface area (Å²) in [6, 6.07) is 3.07. The first kappa shape index (κ1) is 10.7. The van der Waals surface area contributed by atoms with Gasteiger partial charge in [0.15, 0.2) is 0 Å². The Morgan fingerprint density at radius 3 is 2.73 bits per heavy atom. The molecule has 0 radical (unpaired) electrons. The highest BCUT2D eigenvalue weighted by Gasteiger charge is 2.42. The van der Waals surface area contributed by atoms with Crippen molar-refractivity contribution in [2.75, 3.05) is 0 Å². The lowest BCUT2D eigenvalue weighted by Crippen LogP contribution is -2.41. The molecule has 2 atom stereocenters. The predicted molar refractivity (Wildman–Crippen MR) is 61.6 cm³/mol. The molecule has 0 bridgehead atoms. The summed E-state index contributed by atoms with van der Waals surface area (Å²) in [5.74, 6) is 0. The van der Waals surface area contributed by atoms with Crippen LogP contribution in [0.4, 0.5) is 0 Å². The van der Waals surface area contributed by atoms with Gasteiger partial charge >= 0.3 is 0 Å². The van der Waals surface area contributed by atoms with Crippen LogP contribution in [0.1, 0.15) is 33.6 Å². The Morgan fingerprint density at radius 2 is 2.20 bits per heavy atom. The van der Waals surface area contributed by atoms with Crippen LogP contribution >= 0.6 is 0 Å². The second kappa shape index (κ2) is 3.97. The highest BCUT2D eigenvalue weighted by atomic mass is 15.3. The maximum absolute atomic E-state index is 4.22. The summed E-state index contributed by atoms with van der Waals surface area (Å²) in [5.41, 5.74) is 0.554. The lowest BCUT2D eigenvalue weighted by molar-refractivity contribution is 0.324. The molecule has 3 heteroatoms. The summed E-state index contributed by atoms with van der Waals surface area (Å²) >= 11 is 0. The van der Waals surface area contributed by atoms with Crippen LogP contribution in [0, 0.1) is 5.41 Å². The summed E-state index contributed by atoms with van der Waals surface area (Å²) in [4.78, 5) is 0. The smallest absolute Gasteiger partial charge is 0.0560 e. The van der Waals surface area contributed by atoms with E-state index in [2.05, 4.69) is 31.2 Å². The molecule has 1 heterocycles. The van der Waals surface area contributed by atoms with Gasteiger partial charge in [-0.05, 0) is 38.2 Å². The van der Waals surface area contributed by atoms with Crippen LogP contribution in [0.5, 0.6) is 0 Å². The van der Waals surface area contributed by atoms with Crippen LogP contribution < -0.4 is 5.32 Å². The lowest BCUT2D eigenvalue weighted by Gasteiger charge is -2.25. The van der Waals surface area contributed by atoms with E-state index in [1.165, 1.54) is 12.8 Å². The molecule has 1 N–H and O–H groups in total. The SMILES string of the molecule is CC(Cn1cccn1)NC(C)C1(C)CC1. The third kappa shape index (κ3) is 2.59. The van der Waals surface area contributed by atoms with Crippen LogP contribution in [0.2, 0.25) is 0 Å². The molecule has 1 aromatic heterocycles. The average molecular weight is 207 g/mol. The number of aromatic nitrogens is 2. The van der Waals surface area contributed by atoms with E-state index in [0.29, 0.717) is 17.5 Å². The van der Waals surface area contributed by atoms with Crippen LogP contribution in [-0.2, 0) is 6.54 Å². The molecule has 1 aliphatic rings. The van der Waals surface area contributed by atoms with Gasteiger partial charge in [-0.25, -0.2) is 0 Å². The van der Waals surface area contributed by atoms with Gasteiger partial charge in [0.1, 0.15) is 0 Å². The molecular formula is C12H21N3. The summed E-state index contributed by atoms with van der Waals surface area (Å²) in [5, 5.41) is 7.88. The van der Waals surface area contributed by atoms with Crippen molar-refractivity contribution in [3.8, 4) is 0 Å². The minimum Gasteiger partial charge on any atom is -0.309 e. The number of rotatable bonds is 5. The van der Waals surface area contributed by atoms with Crippen LogP contribution in [-0.4, -0.2) is 21.9 Å². The van der Waals surface area contributed by atoms with Gasteiger partial charge in [0.2, 0.25) is 0 Å². The fourth-order valence-electron chi connectivity index (χ4n) is 2.00. The molecule has 0 aliphatic heterocycles. The fraction of sp³-hybridized carbons (Fsp3) is 0.750. The summed E-state index contributed by atoms with van der Waals surface area (Å²) in [6.07, 6.45) is 6.59. The first-order chi connectivity index (χ1) is 7.10. The summed E-state index contributed by atoms with van der Waals surface area (Å²) in [7, 11) is 0. The van der Waals surface area contributed by atoms with Crippen LogP contribution in [0.3, 0.4) is 0 Å². The molecule has 3 nitrogen and oxygen atoms in total. The first-order valence-electron chi connectivity index (χ1n) is 5.84. The Labute approximate surface area is 91.9 Å². The highest BCUT2D eigenvalue weighted by Crippen LogP contribution is 2.48. The van der Waals surface area contributed by atoms with Gasteiger partial charge in [0, 0.05) is 24.5 Å². The van der Waals surface area contributed by atoms with Crippen molar-refractivity contribution in [3.63, 3.8) is 0 Å². The predicted octanol–water partition coefficient (Wildman–Crippen LogP) is 2.05. The van der Waals surface area contributed by atoms with Crippen molar-refractivity contribution in [2.24, 2.45) is 5.41 Å². The Bertz CT molecular complexity index is 301.